The largest absolute Gasteiger partial charge is 0.550 e. The molecule has 0 atom stereocenters. The van der Waals surface area contributed by atoms with E-state index in [2.05, 4.69) is 4.98 Å². The summed E-state index contributed by atoms with van der Waals surface area (Å²) in [5.41, 5.74) is 2.15. The number of carboxylic acid groups (broad SMARTS) is 1. The van der Waals surface area contributed by atoms with Crippen molar-refractivity contribution in [2.45, 2.75) is 6.42 Å². The van der Waals surface area contributed by atoms with Crippen LogP contribution < -0.4 is 5.11 Å². The molecule has 0 amide bonds. The van der Waals surface area contributed by atoms with E-state index in [-0.39, 0.29) is 12.3 Å². The fraction of sp³-hybridized carbons (Fsp3) is 0.0588. The molecule has 6 heteroatoms. The molecule has 0 radical (unpaired) electrons. The van der Waals surface area contributed by atoms with Crippen LogP contribution in [0.2, 0.25) is 10.0 Å². The van der Waals surface area contributed by atoms with E-state index in [1.165, 1.54) is 0 Å². The zero-order valence-corrected chi connectivity index (χ0v) is 13.3. The van der Waals surface area contributed by atoms with E-state index in [4.69, 9.17) is 27.6 Å². The lowest BCUT2D eigenvalue weighted by Crippen LogP contribution is -2.22. The summed E-state index contributed by atoms with van der Waals surface area (Å²) in [6.45, 7) is 0. The predicted octanol–water partition coefficient (Wildman–Crippen LogP) is 3.82. The molecule has 0 unspecified atom stereocenters. The first-order chi connectivity index (χ1) is 11.0. The van der Waals surface area contributed by atoms with Gasteiger partial charge in [0.1, 0.15) is 5.52 Å². The first kappa shape index (κ1) is 15.6. The number of para-hydroxylation sites is 2. The Morgan fingerprint density at radius 2 is 1.96 bits per heavy atom. The van der Waals surface area contributed by atoms with Gasteiger partial charge in [-0.1, -0.05) is 47.5 Å². The van der Waals surface area contributed by atoms with Crippen LogP contribution in [0, 0.1) is 0 Å². The SMILES string of the molecule is O=C([O-])C/C(=C\c1cccc(Cl)c1Cl)c1nc2ccccc2o1. The fourth-order valence-corrected chi connectivity index (χ4v) is 2.54. The molecular formula is C17H10Cl2NO3-. The lowest BCUT2D eigenvalue weighted by molar-refractivity contribution is -0.304. The topological polar surface area (TPSA) is 66.2 Å². The Labute approximate surface area is 142 Å². The second kappa shape index (κ2) is 6.44. The molecule has 3 aromatic rings. The summed E-state index contributed by atoms with van der Waals surface area (Å²) in [4.78, 5) is 15.4. The van der Waals surface area contributed by atoms with Crippen LogP contribution in [0.3, 0.4) is 0 Å². The molecule has 0 aliphatic carbocycles. The Kier molecular flexibility index (Phi) is 4.37. The quantitative estimate of drug-likeness (QED) is 0.720. The maximum Gasteiger partial charge on any atom is 0.223 e. The molecule has 116 valence electrons. The van der Waals surface area contributed by atoms with Gasteiger partial charge >= 0.3 is 0 Å². The molecule has 0 fully saturated rings. The molecule has 2 aromatic carbocycles. The molecule has 0 N–H and O–H groups in total. The molecule has 4 nitrogen and oxygen atoms in total. The van der Waals surface area contributed by atoms with Gasteiger partial charge in [-0.2, -0.15) is 0 Å². The Bertz CT molecular complexity index is 882. The van der Waals surface area contributed by atoms with Crippen molar-refractivity contribution in [1.29, 1.82) is 0 Å². The maximum atomic E-state index is 11.1. The number of hydrogen-bond donors (Lipinski definition) is 0. The molecule has 23 heavy (non-hydrogen) atoms. The number of oxazole rings is 1. The second-order valence-corrected chi connectivity index (χ2v) is 5.63. The van der Waals surface area contributed by atoms with Crippen molar-refractivity contribution in [3.05, 3.63) is 64.0 Å². The molecule has 0 saturated carbocycles. The van der Waals surface area contributed by atoms with Crippen LogP contribution in [-0.4, -0.2) is 11.0 Å². The first-order valence-corrected chi connectivity index (χ1v) is 7.50. The van der Waals surface area contributed by atoms with Crippen molar-refractivity contribution < 1.29 is 14.3 Å². The zero-order chi connectivity index (χ0) is 16.4. The average Bonchev–Trinajstić information content (AvgIpc) is 2.94. The average molecular weight is 347 g/mol. The van der Waals surface area contributed by atoms with Crippen LogP contribution >= 0.6 is 23.2 Å². The number of rotatable bonds is 4. The third kappa shape index (κ3) is 3.38. The molecule has 1 heterocycles. The van der Waals surface area contributed by atoms with Gasteiger partial charge in [0.15, 0.2) is 5.58 Å². The Balaban J connectivity index is 2.12. The van der Waals surface area contributed by atoms with E-state index in [1.807, 2.05) is 12.1 Å². The van der Waals surface area contributed by atoms with Crippen LogP contribution in [0.1, 0.15) is 17.9 Å². The maximum absolute atomic E-state index is 11.1. The predicted molar refractivity (Wildman–Crippen MR) is 88.0 cm³/mol. The van der Waals surface area contributed by atoms with Gasteiger partial charge in [-0.25, -0.2) is 4.98 Å². The molecule has 0 spiro atoms. The molecule has 0 aliphatic heterocycles. The van der Waals surface area contributed by atoms with Gasteiger partial charge in [0.05, 0.1) is 10.0 Å². The van der Waals surface area contributed by atoms with E-state index in [9.17, 15) is 9.90 Å². The van der Waals surface area contributed by atoms with Crippen LogP contribution in [0.15, 0.2) is 46.9 Å². The summed E-state index contributed by atoms with van der Waals surface area (Å²) >= 11 is 12.1. The lowest BCUT2D eigenvalue weighted by Gasteiger charge is -2.06. The molecule has 0 aliphatic rings. The summed E-state index contributed by atoms with van der Waals surface area (Å²) in [5, 5.41) is 11.8. The third-order valence-corrected chi connectivity index (χ3v) is 4.05. The zero-order valence-electron chi connectivity index (χ0n) is 11.8. The highest BCUT2D eigenvalue weighted by atomic mass is 35.5. The summed E-state index contributed by atoms with van der Waals surface area (Å²) in [7, 11) is 0. The molecule has 3 rings (SSSR count). The number of fused-ring (bicyclic) bond motifs is 1. The number of carbonyl (C=O) groups is 1. The lowest BCUT2D eigenvalue weighted by atomic mass is 10.1. The van der Waals surface area contributed by atoms with Gasteiger partial charge < -0.3 is 14.3 Å². The van der Waals surface area contributed by atoms with Crippen LogP contribution in [-0.2, 0) is 4.79 Å². The normalized spacial score (nSPS) is 11.8. The van der Waals surface area contributed by atoms with Crippen molar-refractivity contribution >= 4 is 51.9 Å². The van der Waals surface area contributed by atoms with E-state index in [1.54, 1.807) is 36.4 Å². The Morgan fingerprint density at radius 3 is 2.70 bits per heavy atom. The second-order valence-electron chi connectivity index (χ2n) is 4.85. The van der Waals surface area contributed by atoms with E-state index < -0.39 is 5.97 Å². The molecule has 0 bridgehead atoms. The summed E-state index contributed by atoms with van der Waals surface area (Å²) in [6.07, 6.45) is 1.24. The highest BCUT2D eigenvalue weighted by Crippen LogP contribution is 2.30. The van der Waals surface area contributed by atoms with Gasteiger partial charge in [-0.3, -0.25) is 0 Å². The van der Waals surface area contributed by atoms with Gasteiger partial charge in [0.2, 0.25) is 5.89 Å². The third-order valence-electron chi connectivity index (χ3n) is 3.21. The number of aliphatic carboxylic acids is 1. The Morgan fingerprint density at radius 1 is 1.17 bits per heavy atom. The molecular weight excluding hydrogens is 337 g/mol. The number of carboxylic acids is 1. The minimum Gasteiger partial charge on any atom is -0.550 e. The van der Waals surface area contributed by atoms with Gasteiger partial charge in [0.25, 0.3) is 0 Å². The van der Waals surface area contributed by atoms with Crippen molar-refractivity contribution in [1.82, 2.24) is 4.98 Å². The standard InChI is InChI=1S/C17H11Cl2NO3/c18-12-5-3-4-10(16(12)19)8-11(9-15(21)22)17-20-13-6-1-2-7-14(13)23-17/h1-8H,9H2,(H,21,22)/p-1/b11-8+. The summed E-state index contributed by atoms with van der Waals surface area (Å²) < 4.78 is 5.63. The number of benzene rings is 2. The molecule has 1 aromatic heterocycles. The monoisotopic (exact) mass is 346 g/mol. The highest BCUT2D eigenvalue weighted by Gasteiger charge is 2.13. The number of halogens is 2. The number of aromatic nitrogens is 1. The van der Waals surface area contributed by atoms with Crippen molar-refractivity contribution in [2.24, 2.45) is 0 Å². The van der Waals surface area contributed by atoms with E-state index in [0.29, 0.717) is 32.3 Å². The molecule has 0 saturated heterocycles. The van der Waals surface area contributed by atoms with E-state index >= 15 is 0 Å². The van der Waals surface area contributed by atoms with E-state index in [0.717, 1.165) is 0 Å². The number of carbonyl (C=O) groups excluding carboxylic acids is 1. The number of nitrogens with zero attached hydrogens (tertiary/aromatic N) is 1. The van der Waals surface area contributed by atoms with Gasteiger partial charge in [-0.05, 0) is 29.8 Å². The minimum absolute atomic E-state index is 0.214. The smallest absolute Gasteiger partial charge is 0.223 e. The van der Waals surface area contributed by atoms with Crippen LogP contribution in [0.4, 0.5) is 0 Å². The van der Waals surface area contributed by atoms with Crippen molar-refractivity contribution in [3.8, 4) is 0 Å². The Hall–Kier alpha value is -2.30. The van der Waals surface area contributed by atoms with Gasteiger partial charge in [-0.15, -0.1) is 0 Å². The van der Waals surface area contributed by atoms with Crippen molar-refractivity contribution in [3.63, 3.8) is 0 Å². The fourth-order valence-electron chi connectivity index (χ4n) is 2.17. The highest BCUT2D eigenvalue weighted by molar-refractivity contribution is 6.43. The first-order valence-electron chi connectivity index (χ1n) is 6.75. The van der Waals surface area contributed by atoms with Crippen LogP contribution in [0.25, 0.3) is 22.7 Å². The summed E-state index contributed by atoms with van der Waals surface area (Å²) in [6, 6.07) is 12.3. The summed E-state index contributed by atoms with van der Waals surface area (Å²) in [5.74, 6) is -1.02. The van der Waals surface area contributed by atoms with Crippen molar-refractivity contribution in [2.75, 3.05) is 0 Å². The number of hydrogen-bond acceptors (Lipinski definition) is 4. The van der Waals surface area contributed by atoms with Crippen LogP contribution in [0.5, 0.6) is 0 Å². The minimum atomic E-state index is -1.24. The van der Waals surface area contributed by atoms with Gasteiger partial charge in [0, 0.05) is 18.0 Å².